The van der Waals surface area contributed by atoms with Crippen molar-refractivity contribution in [3.8, 4) is 5.75 Å². The topological polar surface area (TPSA) is 55.5 Å². The molecule has 1 rings (SSSR count). The Hall–Kier alpha value is -1.06. The zero-order valence-electron chi connectivity index (χ0n) is 21.8. The average Bonchev–Trinajstić information content (AvgIpc) is 2.55. The molecule has 0 unspecified atom stereocenters. The van der Waals surface area contributed by atoms with Crippen LogP contribution in [0.4, 0.5) is 0 Å². The smallest absolute Gasteiger partial charge is 0.119 e. The number of ether oxygens (including phenoxy) is 1. The van der Waals surface area contributed by atoms with Crippen molar-refractivity contribution in [3.63, 3.8) is 0 Å². The highest BCUT2D eigenvalue weighted by molar-refractivity contribution is 5.30. The van der Waals surface area contributed by atoms with E-state index in [0.29, 0.717) is 6.42 Å². The van der Waals surface area contributed by atoms with Crippen molar-refractivity contribution in [1.29, 1.82) is 0 Å². The van der Waals surface area contributed by atoms with Crippen LogP contribution >= 0.6 is 0 Å². The van der Waals surface area contributed by atoms with Gasteiger partial charge in [-0.05, 0) is 43.7 Å². The molecular formula is C16H27NO2. The first-order valence-electron chi connectivity index (χ1n) is 11.6. The number of benzene rings is 1. The van der Waals surface area contributed by atoms with E-state index in [1.165, 1.54) is 24.3 Å². The molecule has 0 aromatic heterocycles. The van der Waals surface area contributed by atoms with Crippen molar-refractivity contribution < 1.29 is 24.9 Å². The molecule has 3 nitrogen and oxygen atoms in total. The summed E-state index contributed by atoms with van der Waals surface area (Å²) in [6.07, 6.45) is 0.499. The molecule has 0 saturated heterocycles. The zero-order chi connectivity index (χ0) is 23.8. The number of hydrogen-bond donors (Lipinski definition) is 2. The first kappa shape index (κ1) is 6.15. The van der Waals surface area contributed by atoms with Gasteiger partial charge in [-0.25, -0.2) is 0 Å². The van der Waals surface area contributed by atoms with Crippen molar-refractivity contribution in [2.24, 2.45) is 11.7 Å². The molecule has 1 aromatic rings. The van der Waals surface area contributed by atoms with Crippen LogP contribution < -0.4 is 10.5 Å². The summed E-state index contributed by atoms with van der Waals surface area (Å²) in [5, 5.41) is 10.5. The van der Waals surface area contributed by atoms with Crippen molar-refractivity contribution in [2.75, 3.05) is 6.56 Å². The van der Waals surface area contributed by atoms with Gasteiger partial charge in [-0.3, -0.25) is 0 Å². The van der Waals surface area contributed by atoms with Crippen LogP contribution in [0.3, 0.4) is 0 Å². The van der Waals surface area contributed by atoms with Gasteiger partial charge in [0.1, 0.15) is 5.75 Å². The van der Waals surface area contributed by atoms with E-state index >= 15 is 0 Å². The van der Waals surface area contributed by atoms with Crippen LogP contribution in [0.25, 0.3) is 0 Å². The van der Waals surface area contributed by atoms with E-state index in [1.54, 1.807) is 6.92 Å². The van der Waals surface area contributed by atoms with Crippen molar-refractivity contribution in [3.05, 3.63) is 29.8 Å². The van der Waals surface area contributed by atoms with Gasteiger partial charge in [-0.2, -0.15) is 0 Å². The van der Waals surface area contributed by atoms with Crippen LogP contribution in [0.2, 0.25) is 0 Å². The maximum atomic E-state index is 10.5. The molecule has 3 N–H and O–H groups in total. The fourth-order valence-electron chi connectivity index (χ4n) is 1.47. The Morgan fingerprint density at radius 2 is 2.11 bits per heavy atom. The lowest BCUT2D eigenvalue weighted by Gasteiger charge is -2.26. The maximum absolute atomic E-state index is 10.5. The largest absolute Gasteiger partial charge is 0.493 e. The van der Waals surface area contributed by atoms with Gasteiger partial charge in [-0.1, -0.05) is 32.3 Å². The summed E-state index contributed by atoms with van der Waals surface area (Å²) in [4.78, 5) is 0. The Balaban J connectivity index is 3.19. The second-order valence-electron chi connectivity index (χ2n) is 4.37. The summed E-state index contributed by atoms with van der Waals surface area (Å²) in [6, 6.07) is 2.99. The predicted octanol–water partition coefficient (Wildman–Crippen LogP) is 3.27. The molecule has 0 bridgehead atoms. The summed E-state index contributed by atoms with van der Waals surface area (Å²) in [7, 11) is 0. The van der Waals surface area contributed by atoms with Crippen LogP contribution in [-0.4, -0.2) is 17.3 Å². The fourth-order valence-corrected chi connectivity index (χ4v) is 1.47. The van der Waals surface area contributed by atoms with E-state index < -0.39 is 44.7 Å². The van der Waals surface area contributed by atoms with Crippen LogP contribution in [0.5, 0.6) is 5.75 Å². The van der Waals surface area contributed by atoms with Gasteiger partial charge in [0.25, 0.3) is 0 Å². The molecule has 0 spiro atoms. The first-order chi connectivity index (χ1) is 13.3. The fraction of sp³-hybridized carbons (Fsp3) is 0.625. The van der Waals surface area contributed by atoms with Crippen molar-refractivity contribution in [2.45, 2.75) is 52.0 Å². The van der Waals surface area contributed by atoms with Gasteiger partial charge in [-0.15, -0.1) is 0 Å². The minimum Gasteiger partial charge on any atom is -0.493 e. The highest BCUT2D eigenvalue weighted by atomic mass is 16.5. The molecule has 0 aliphatic heterocycles. The lowest BCUT2D eigenvalue weighted by Crippen LogP contribution is -2.34. The lowest BCUT2D eigenvalue weighted by atomic mass is 9.93. The molecule has 0 radical (unpaired) electrons. The van der Waals surface area contributed by atoms with Gasteiger partial charge in [0, 0.05) is 12.3 Å². The standard InChI is InChI=1S/C16H27NO2/c1-5-6-12(2)11-19-14-9-7-13(8-10-14)15(17)16(3,4)18/h7-10,12,15,18H,5-6,11,17H2,1-4H3/t12-,15+/m0/s1/i2D3,3D3,4D3,11D2. The Morgan fingerprint density at radius 1 is 1.42 bits per heavy atom. The normalized spacial score (nSPS) is 26.4. The first-order valence-corrected chi connectivity index (χ1v) is 6.06. The van der Waals surface area contributed by atoms with E-state index in [2.05, 4.69) is 0 Å². The molecule has 3 heteroatoms. The average molecular weight is 276 g/mol. The van der Waals surface area contributed by atoms with E-state index in [4.69, 9.17) is 25.5 Å². The zero-order valence-corrected chi connectivity index (χ0v) is 10.8. The Bertz CT molecular complexity index is 681. The van der Waals surface area contributed by atoms with Crippen LogP contribution in [0.15, 0.2) is 24.3 Å². The molecule has 1 aromatic carbocycles. The lowest BCUT2D eigenvalue weighted by molar-refractivity contribution is 0.0517. The Labute approximate surface area is 132 Å². The number of aliphatic hydroxyl groups is 1. The van der Waals surface area contributed by atoms with Gasteiger partial charge in [0.2, 0.25) is 0 Å². The molecule has 0 aliphatic rings. The number of rotatable bonds is 7. The molecule has 19 heavy (non-hydrogen) atoms. The van der Waals surface area contributed by atoms with Crippen LogP contribution in [0.1, 0.15) is 67.0 Å². The van der Waals surface area contributed by atoms with Gasteiger partial charge >= 0.3 is 0 Å². The third kappa shape index (κ3) is 5.21. The third-order valence-corrected chi connectivity index (χ3v) is 2.59. The molecule has 0 aliphatic carbocycles. The third-order valence-electron chi connectivity index (χ3n) is 2.59. The minimum absolute atomic E-state index is 0.0291. The predicted molar refractivity (Wildman–Crippen MR) is 79.2 cm³/mol. The number of nitrogens with two attached hydrogens (primary N) is 1. The second kappa shape index (κ2) is 6.92. The number of hydrogen-bond acceptors (Lipinski definition) is 3. The molecule has 108 valence electrons. The van der Waals surface area contributed by atoms with Crippen molar-refractivity contribution in [1.82, 2.24) is 0 Å². The highest BCUT2D eigenvalue weighted by Gasteiger charge is 2.24. The van der Waals surface area contributed by atoms with Crippen molar-refractivity contribution >= 4 is 0 Å². The highest BCUT2D eigenvalue weighted by Crippen LogP contribution is 2.24. The van der Waals surface area contributed by atoms with E-state index in [1.807, 2.05) is 0 Å². The summed E-state index contributed by atoms with van der Waals surface area (Å²) in [5.74, 6) is -1.44. The Kier molecular flexibility index (Phi) is 2.24. The summed E-state index contributed by atoms with van der Waals surface area (Å²) >= 11 is 0. The summed E-state index contributed by atoms with van der Waals surface area (Å²) in [6.45, 7) is -10.0. The Morgan fingerprint density at radius 3 is 2.63 bits per heavy atom. The SMILES string of the molecule is [2H]C([2H])([2H])[C@@H](CCC)C([2H])([2H])Oc1ccc([C@@H](N)C(O)(C([2H])([2H])[2H])C([2H])([2H])[2H])cc1. The molecular weight excluding hydrogens is 238 g/mol. The maximum Gasteiger partial charge on any atom is 0.119 e. The molecule has 0 fully saturated rings. The van der Waals surface area contributed by atoms with E-state index in [0.717, 1.165) is 0 Å². The molecule has 0 amide bonds. The minimum atomic E-state index is -3.31. The second-order valence-corrected chi connectivity index (χ2v) is 4.37. The van der Waals surface area contributed by atoms with E-state index in [9.17, 15) is 5.11 Å². The van der Waals surface area contributed by atoms with Gasteiger partial charge in [0.05, 0.1) is 20.9 Å². The van der Waals surface area contributed by atoms with E-state index in [-0.39, 0.29) is 17.7 Å². The van der Waals surface area contributed by atoms with Gasteiger partial charge in [0.15, 0.2) is 0 Å². The quantitative estimate of drug-likeness (QED) is 0.803. The van der Waals surface area contributed by atoms with Gasteiger partial charge < -0.3 is 15.6 Å². The van der Waals surface area contributed by atoms with Crippen LogP contribution in [0, 0.1) is 5.92 Å². The molecule has 2 atom stereocenters. The summed E-state index contributed by atoms with van der Waals surface area (Å²) < 4.78 is 88.7. The molecule has 0 saturated carbocycles. The van der Waals surface area contributed by atoms with Crippen LogP contribution in [-0.2, 0) is 0 Å². The monoisotopic (exact) mass is 276 g/mol. The summed E-state index contributed by atoms with van der Waals surface area (Å²) in [5.41, 5.74) is 2.56. The molecule has 0 heterocycles.